The third-order valence-corrected chi connectivity index (χ3v) is 6.54. The Morgan fingerprint density at radius 2 is 1.94 bits per heavy atom. The minimum atomic E-state index is -0.548. The molecular formula is C24H24N2O4S. The number of hydrogen-bond acceptors (Lipinski definition) is 6. The zero-order valence-electron chi connectivity index (χ0n) is 18.2. The normalized spacial score (nSPS) is 11.3. The summed E-state index contributed by atoms with van der Waals surface area (Å²) < 4.78 is 11.9. The fraction of sp³-hybridized carbons (Fsp3) is 0.292. The first-order valence-electron chi connectivity index (χ1n) is 10.1. The second-order valence-corrected chi connectivity index (χ2v) is 8.75. The Balaban J connectivity index is 1.89. The van der Waals surface area contributed by atoms with Crippen LogP contribution in [0.5, 0.6) is 0 Å². The topological polar surface area (TPSA) is 74.3 Å². The molecule has 160 valence electrons. The van der Waals surface area contributed by atoms with Gasteiger partial charge in [0.1, 0.15) is 16.4 Å². The molecule has 0 aliphatic carbocycles. The summed E-state index contributed by atoms with van der Waals surface area (Å²) in [5.41, 5.74) is 4.25. The number of benzene rings is 1. The third kappa shape index (κ3) is 3.70. The Kier molecular flexibility index (Phi) is 5.54. The van der Waals surface area contributed by atoms with Crippen LogP contribution in [-0.4, -0.2) is 22.6 Å². The van der Waals surface area contributed by atoms with E-state index in [1.807, 2.05) is 13.8 Å². The summed E-state index contributed by atoms with van der Waals surface area (Å²) in [6.45, 7) is 8.34. The summed E-state index contributed by atoms with van der Waals surface area (Å²) >= 11 is 1.54. The first-order valence-corrected chi connectivity index (χ1v) is 10.9. The number of furan rings is 1. The van der Waals surface area contributed by atoms with Gasteiger partial charge in [-0.05, 0) is 49.6 Å². The highest BCUT2D eigenvalue weighted by atomic mass is 32.1. The van der Waals surface area contributed by atoms with Crippen molar-refractivity contribution in [3.05, 3.63) is 74.0 Å². The molecule has 0 radical (unpaired) electrons. The number of rotatable bonds is 5. The van der Waals surface area contributed by atoms with Crippen LogP contribution in [0.15, 0.2) is 39.5 Å². The maximum atomic E-state index is 13.7. The Morgan fingerprint density at radius 1 is 1.16 bits per heavy atom. The molecule has 4 rings (SSSR count). The molecule has 0 saturated heterocycles. The minimum Gasteiger partial charge on any atom is -0.463 e. The van der Waals surface area contributed by atoms with Gasteiger partial charge in [-0.1, -0.05) is 25.1 Å². The van der Waals surface area contributed by atoms with Crippen molar-refractivity contribution in [1.82, 2.24) is 9.55 Å². The lowest BCUT2D eigenvalue weighted by Crippen LogP contribution is -2.25. The van der Waals surface area contributed by atoms with E-state index < -0.39 is 5.97 Å². The maximum Gasteiger partial charge on any atom is 0.373 e. The van der Waals surface area contributed by atoms with Crippen LogP contribution in [-0.2, 0) is 17.7 Å². The molecule has 0 amide bonds. The van der Waals surface area contributed by atoms with Gasteiger partial charge in [-0.3, -0.25) is 9.36 Å². The van der Waals surface area contributed by atoms with Gasteiger partial charge in [0.2, 0.25) is 5.76 Å². The fourth-order valence-corrected chi connectivity index (χ4v) is 4.80. The summed E-state index contributed by atoms with van der Waals surface area (Å²) in [5, 5.41) is 0.628. The predicted octanol–water partition coefficient (Wildman–Crippen LogP) is 5.04. The molecule has 0 atom stereocenters. The van der Waals surface area contributed by atoms with E-state index in [1.165, 1.54) is 18.2 Å². The van der Waals surface area contributed by atoms with Crippen molar-refractivity contribution in [1.29, 1.82) is 0 Å². The monoisotopic (exact) mass is 436 g/mol. The molecule has 0 fully saturated rings. The van der Waals surface area contributed by atoms with Crippen LogP contribution >= 0.6 is 11.3 Å². The number of aromatic nitrogens is 2. The van der Waals surface area contributed by atoms with E-state index in [0.29, 0.717) is 23.4 Å². The highest BCUT2D eigenvalue weighted by Crippen LogP contribution is 2.36. The van der Waals surface area contributed by atoms with E-state index in [0.717, 1.165) is 20.8 Å². The van der Waals surface area contributed by atoms with E-state index in [1.54, 1.807) is 28.0 Å². The van der Waals surface area contributed by atoms with Crippen LogP contribution in [0.25, 0.3) is 21.3 Å². The van der Waals surface area contributed by atoms with Gasteiger partial charge in [0.05, 0.1) is 19.0 Å². The lowest BCUT2D eigenvalue weighted by Gasteiger charge is -2.11. The van der Waals surface area contributed by atoms with Gasteiger partial charge >= 0.3 is 5.97 Å². The van der Waals surface area contributed by atoms with Crippen molar-refractivity contribution in [2.24, 2.45) is 0 Å². The zero-order chi connectivity index (χ0) is 22.3. The molecule has 4 aromatic rings. The average molecular weight is 437 g/mol. The van der Waals surface area contributed by atoms with Crippen molar-refractivity contribution < 1.29 is 13.9 Å². The summed E-state index contributed by atoms with van der Waals surface area (Å²) in [5.74, 6) is 0.743. The second kappa shape index (κ2) is 8.15. The molecule has 0 aliphatic heterocycles. The maximum absolute atomic E-state index is 13.7. The largest absolute Gasteiger partial charge is 0.463 e. The molecule has 31 heavy (non-hydrogen) atoms. The Hall–Kier alpha value is -3.19. The van der Waals surface area contributed by atoms with Crippen molar-refractivity contribution in [2.45, 2.75) is 40.7 Å². The lowest BCUT2D eigenvalue weighted by atomic mass is 9.99. The second-order valence-electron chi connectivity index (χ2n) is 7.54. The molecule has 7 heteroatoms. The van der Waals surface area contributed by atoms with E-state index in [9.17, 15) is 9.59 Å². The SMILES string of the molecule is CCc1nc2sc(C)c(-c3ccc(C)c(C)c3)c2c(=O)n1Cc1ccc(C(=O)OC)o1. The van der Waals surface area contributed by atoms with Crippen molar-refractivity contribution in [2.75, 3.05) is 7.11 Å². The standard InChI is InChI=1S/C24H24N2O4S/c1-6-19-25-22-21(20(15(4)31-22)16-8-7-13(2)14(3)11-16)23(27)26(19)12-17-9-10-18(30-17)24(28)29-5/h7-11H,6,12H2,1-5H3. The average Bonchev–Trinajstić information content (AvgIpc) is 3.35. The smallest absolute Gasteiger partial charge is 0.373 e. The van der Waals surface area contributed by atoms with Crippen LogP contribution in [0, 0.1) is 20.8 Å². The number of esters is 1. The Labute approximate surface area is 184 Å². The number of ether oxygens (including phenoxy) is 1. The van der Waals surface area contributed by atoms with Crippen molar-refractivity contribution >= 4 is 27.5 Å². The number of hydrogen-bond donors (Lipinski definition) is 0. The van der Waals surface area contributed by atoms with Gasteiger partial charge in [0.15, 0.2) is 0 Å². The molecular weight excluding hydrogens is 412 g/mol. The predicted molar refractivity (Wildman–Crippen MR) is 122 cm³/mol. The molecule has 3 heterocycles. The molecule has 6 nitrogen and oxygen atoms in total. The van der Waals surface area contributed by atoms with Gasteiger partial charge in [-0.25, -0.2) is 9.78 Å². The van der Waals surface area contributed by atoms with E-state index in [4.69, 9.17) is 14.1 Å². The summed E-state index contributed by atoms with van der Waals surface area (Å²) in [4.78, 5) is 32.0. The number of carbonyl (C=O) groups is 1. The number of fused-ring (bicyclic) bond motifs is 1. The van der Waals surface area contributed by atoms with Crippen LogP contribution in [0.3, 0.4) is 0 Å². The fourth-order valence-electron chi connectivity index (χ4n) is 3.74. The zero-order valence-corrected chi connectivity index (χ0v) is 19.1. The highest BCUT2D eigenvalue weighted by molar-refractivity contribution is 7.19. The van der Waals surface area contributed by atoms with E-state index in [-0.39, 0.29) is 17.9 Å². The van der Waals surface area contributed by atoms with E-state index >= 15 is 0 Å². The number of aryl methyl sites for hydroxylation is 4. The quantitative estimate of drug-likeness (QED) is 0.410. The first-order chi connectivity index (χ1) is 14.8. The van der Waals surface area contributed by atoms with Crippen LogP contribution in [0.2, 0.25) is 0 Å². The first kappa shape index (κ1) is 21.1. The number of nitrogens with zero attached hydrogens (tertiary/aromatic N) is 2. The molecule has 0 saturated carbocycles. The number of methoxy groups -OCH3 is 1. The van der Waals surface area contributed by atoms with Gasteiger partial charge in [0.25, 0.3) is 5.56 Å². The number of thiophene rings is 1. The van der Waals surface area contributed by atoms with Gasteiger partial charge < -0.3 is 9.15 Å². The van der Waals surface area contributed by atoms with Crippen molar-refractivity contribution in [3.63, 3.8) is 0 Å². The molecule has 0 N–H and O–H groups in total. The minimum absolute atomic E-state index is 0.101. The van der Waals surface area contributed by atoms with Gasteiger partial charge in [0, 0.05) is 16.9 Å². The molecule has 0 aliphatic rings. The van der Waals surface area contributed by atoms with Gasteiger partial charge in [-0.15, -0.1) is 11.3 Å². The van der Waals surface area contributed by atoms with Crippen molar-refractivity contribution in [3.8, 4) is 11.1 Å². The summed E-state index contributed by atoms with van der Waals surface area (Å²) in [6, 6.07) is 9.50. The van der Waals surface area contributed by atoms with Crippen LogP contribution in [0.4, 0.5) is 0 Å². The number of carbonyl (C=O) groups excluding carboxylic acids is 1. The van der Waals surface area contributed by atoms with Gasteiger partial charge in [-0.2, -0.15) is 0 Å². The summed E-state index contributed by atoms with van der Waals surface area (Å²) in [7, 11) is 1.30. The Bertz CT molecular complexity index is 1360. The summed E-state index contributed by atoms with van der Waals surface area (Å²) in [6.07, 6.45) is 0.603. The van der Waals surface area contributed by atoms with E-state index in [2.05, 4.69) is 32.0 Å². The molecule has 0 spiro atoms. The van der Waals surface area contributed by atoms with Crippen LogP contribution < -0.4 is 5.56 Å². The molecule has 0 bridgehead atoms. The lowest BCUT2D eigenvalue weighted by molar-refractivity contribution is 0.0563. The molecule has 3 aromatic heterocycles. The highest BCUT2D eigenvalue weighted by Gasteiger charge is 2.21. The third-order valence-electron chi connectivity index (χ3n) is 5.54. The molecule has 0 unspecified atom stereocenters. The Morgan fingerprint density at radius 3 is 2.61 bits per heavy atom. The molecule has 1 aromatic carbocycles. The van der Waals surface area contributed by atoms with Crippen LogP contribution in [0.1, 0.15) is 45.1 Å².